The van der Waals surface area contributed by atoms with E-state index in [-0.39, 0.29) is 0 Å². The lowest BCUT2D eigenvalue weighted by atomic mass is 10.0. The highest BCUT2D eigenvalue weighted by Gasteiger charge is 2.17. The van der Waals surface area contributed by atoms with Crippen LogP contribution in [0.5, 0.6) is 0 Å². The second kappa shape index (κ2) is 5.12. The first kappa shape index (κ1) is 10.4. The fraction of sp³-hybridized carbons (Fsp3) is 0.583. The van der Waals surface area contributed by atoms with E-state index in [1.54, 1.807) is 6.20 Å². The predicted octanol–water partition coefficient (Wildman–Crippen LogP) is 1.98. The van der Waals surface area contributed by atoms with Crippen LogP contribution < -0.4 is 5.32 Å². The first-order valence-electron chi connectivity index (χ1n) is 5.70. The molecule has 0 spiro atoms. The van der Waals surface area contributed by atoms with Crippen molar-refractivity contribution in [2.24, 2.45) is 0 Å². The Labute approximate surface area is 91.5 Å². The monoisotopic (exact) mass is 205 g/mol. The van der Waals surface area contributed by atoms with E-state index in [0.29, 0.717) is 6.04 Å². The summed E-state index contributed by atoms with van der Waals surface area (Å²) in [5.74, 6) is 0. The molecule has 0 aliphatic carbocycles. The van der Waals surface area contributed by atoms with Crippen molar-refractivity contribution in [3.05, 3.63) is 24.5 Å². The van der Waals surface area contributed by atoms with Crippen LogP contribution in [0.15, 0.2) is 24.5 Å². The maximum Gasteiger partial charge on any atom is 0.0527 e. The van der Waals surface area contributed by atoms with Crippen molar-refractivity contribution in [1.82, 2.24) is 9.88 Å². The van der Waals surface area contributed by atoms with Gasteiger partial charge in [0, 0.05) is 25.0 Å². The molecule has 1 saturated heterocycles. The maximum atomic E-state index is 4.09. The summed E-state index contributed by atoms with van der Waals surface area (Å²) in [6.07, 6.45) is 7.70. The second-order valence-corrected chi connectivity index (χ2v) is 4.25. The van der Waals surface area contributed by atoms with Crippen molar-refractivity contribution in [2.75, 3.05) is 25.5 Å². The first-order valence-corrected chi connectivity index (χ1v) is 5.70. The molecule has 82 valence electrons. The smallest absolute Gasteiger partial charge is 0.0527 e. The topological polar surface area (TPSA) is 28.2 Å². The Kier molecular flexibility index (Phi) is 3.56. The van der Waals surface area contributed by atoms with Gasteiger partial charge in [0.05, 0.1) is 5.69 Å². The third-order valence-electron chi connectivity index (χ3n) is 3.12. The number of nitrogens with zero attached hydrogens (tertiary/aromatic N) is 2. The van der Waals surface area contributed by atoms with Crippen molar-refractivity contribution in [1.29, 1.82) is 0 Å². The number of hydrogen-bond acceptors (Lipinski definition) is 3. The molecule has 1 fully saturated rings. The van der Waals surface area contributed by atoms with Crippen LogP contribution >= 0.6 is 0 Å². The van der Waals surface area contributed by atoms with E-state index in [1.165, 1.54) is 25.8 Å². The van der Waals surface area contributed by atoms with Gasteiger partial charge in [-0.1, -0.05) is 6.42 Å². The summed E-state index contributed by atoms with van der Waals surface area (Å²) in [6, 6.07) is 4.71. The molecule has 1 aliphatic rings. The van der Waals surface area contributed by atoms with Gasteiger partial charge in [-0.05, 0) is 38.6 Å². The molecule has 2 heterocycles. The van der Waals surface area contributed by atoms with Crippen molar-refractivity contribution in [3.63, 3.8) is 0 Å². The average molecular weight is 205 g/mol. The molecule has 1 aliphatic heterocycles. The molecular formula is C12H19N3. The Morgan fingerprint density at radius 2 is 2.47 bits per heavy atom. The molecule has 1 aromatic rings. The van der Waals surface area contributed by atoms with Gasteiger partial charge in [-0.2, -0.15) is 0 Å². The van der Waals surface area contributed by atoms with E-state index >= 15 is 0 Å². The number of hydrogen-bond donors (Lipinski definition) is 1. The van der Waals surface area contributed by atoms with Crippen molar-refractivity contribution >= 4 is 5.69 Å². The fourth-order valence-electron chi connectivity index (χ4n) is 2.11. The lowest BCUT2D eigenvalue weighted by Gasteiger charge is -2.32. The van der Waals surface area contributed by atoms with E-state index in [0.717, 1.165) is 12.2 Å². The number of nitrogens with one attached hydrogen (secondary N) is 1. The van der Waals surface area contributed by atoms with Gasteiger partial charge < -0.3 is 10.2 Å². The Bertz CT molecular complexity index is 286. The Hall–Kier alpha value is -1.09. The molecule has 15 heavy (non-hydrogen) atoms. The molecule has 0 amide bonds. The Morgan fingerprint density at radius 3 is 3.20 bits per heavy atom. The summed E-state index contributed by atoms with van der Waals surface area (Å²) < 4.78 is 0. The van der Waals surface area contributed by atoms with Crippen molar-refractivity contribution in [2.45, 2.75) is 25.3 Å². The molecule has 0 saturated carbocycles. The Morgan fingerprint density at radius 1 is 1.53 bits per heavy atom. The SMILES string of the molecule is CN1CCCC[C@H]1CNc1cccnc1. The molecular weight excluding hydrogens is 186 g/mol. The number of rotatable bonds is 3. The van der Waals surface area contributed by atoms with Crippen LogP contribution in [0.3, 0.4) is 0 Å². The standard InChI is InChI=1S/C12H19N3/c1-15-8-3-2-6-12(15)10-14-11-5-4-7-13-9-11/h4-5,7,9,12,14H,2-3,6,8,10H2,1H3/t12-/m0/s1. The first-order chi connectivity index (χ1) is 7.36. The minimum absolute atomic E-state index is 0.680. The molecule has 1 aromatic heterocycles. The fourth-order valence-corrected chi connectivity index (χ4v) is 2.11. The van der Waals surface area contributed by atoms with E-state index in [4.69, 9.17) is 0 Å². The number of piperidine rings is 1. The maximum absolute atomic E-state index is 4.09. The van der Waals surface area contributed by atoms with E-state index in [1.807, 2.05) is 12.3 Å². The molecule has 0 unspecified atom stereocenters. The van der Waals surface area contributed by atoms with Crippen LogP contribution in [0.2, 0.25) is 0 Å². The van der Waals surface area contributed by atoms with E-state index in [2.05, 4.69) is 28.3 Å². The summed E-state index contributed by atoms with van der Waals surface area (Å²) in [4.78, 5) is 6.54. The minimum atomic E-state index is 0.680. The third kappa shape index (κ3) is 2.93. The van der Waals surface area contributed by atoms with Crippen LogP contribution in [-0.2, 0) is 0 Å². The highest BCUT2D eigenvalue weighted by atomic mass is 15.2. The van der Waals surface area contributed by atoms with Gasteiger partial charge in [0.1, 0.15) is 0 Å². The summed E-state index contributed by atoms with van der Waals surface area (Å²) in [5, 5.41) is 3.44. The van der Waals surface area contributed by atoms with Gasteiger partial charge in [-0.3, -0.25) is 4.98 Å². The van der Waals surface area contributed by atoms with Crippen LogP contribution in [0.25, 0.3) is 0 Å². The van der Waals surface area contributed by atoms with Gasteiger partial charge in [0.15, 0.2) is 0 Å². The number of likely N-dealkylation sites (tertiary alicyclic amines) is 1. The molecule has 1 N–H and O–H groups in total. The van der Waals surface area contributed by atoms with E-state index in [9.17, 15) is 0 Å². The number of anilines is 1. The van der Waals surface area contributed by atoms with Crippen LogP contribution in [0.1, 0.15) is 19.3 Å². The van der Waals surface area contributed by atoms with Crippen molar-refractivity contribution < 1.29 is 0 Å². The van der Waals surface area contributed by atoms with Gasteiger partial charge in [-0.25, -0.2) is 0 Å². The minimum Gasteiger partial charge on any atom is -0.382 e. The third-order valence-corrected chi connectivity index (χ3v) is 3.12. The molecule has 0 aromatic carbocycles. The molecule has 0 radical (unpaired) electrons. The summed E-state index contributed by atoms with van der Waals surface area (Å²) in [5.41, 5.74) is 1.12. The van der Waals surface area contributed by atoms with Crippen LogP contribution in [0, 0.1) is 0 Å². The van der Waals surface area contributed by atoms with Crippen LogP contribution in [-0.4, -0.2) is 36.1 Å². The number of pyridine rings is 1. The van der Waals surface area contributed by atoms with Gasteiger partial charge in [0.25, 0.3) is 0 Å². The normalized spacial score (nSPS) is 22.6. The highest BCUT2D eigenvalue weighted by molar-refractivity contribution is 5.39. The Balaban J connectivity index is 1.82. The quantitative estimate of drug-likeness (QED) is 0.818. The van der Waals surface area contributed by atoms with Gasteiger partial charge >= 0.3 is 0 Å². The molecule has 3 nitrogen and oxygen atoms in total. The summed E-state index contributed by atoms with van der Waals surface area (Å²) in [6.45, 7) is 2.27. The number of likely N-dealkylation sites (N-methyl/N-ethyl adjacent to an activating group) is 1. The van der Waals surface area contributed by atoms with E-state index < -0.39 is 0 Å². The zero-order valence-electron chi connectivity index (χ0n) is 9.32. The predicted molar refractivity (Wildman–Crippen MR) is 63.0 cm³/mol. The van der Waals surface area contributed by atoms with Gasteiger partial charge in [-0.15, -0.1) is 0 Å². The highest BCUT2D eigenvalue weighted by Crippen LogP contribution is 2.15. The lowest BCUT2D eigenvalue weighted by molar-refractivity contribution is 0.194. The molecule has 1 atom stereocenters. The lowest BCUT2D eigenvalue weighted by Crippen LogP contribution is -2.40. The summed E-state index contributed by atoms with van der Waals surface area (Å²) in [7, 11) is 2.22. The summed E-state index contributed by atoms with van der Waals surface area (Å²) >= 11 is 0. The zero-order chi connectivity index (χ0) is 10.5. The van der Waals surface area contributed by atoms with Crippen molar-refractivity contribution in [3.8, 4) is 0 Å². The largest absolute Gasteiger partial charge is 0.382 e. The molecule has 0 bridgehead atoms. The van der Waals surface area contributed by atoms with Gasteiger partial charge in [0.2, 0.25) is 0 Å². The average Bonchev–Trinajstić information content (AvgIpc) is 2.29. The zero-order valence-corrected chi connectivity index (χ0v) is 9.32. The second-order valence-electron chi connectivity index (χ2n) is 4.25. The molecule has 3 heteroatoms. The number of aromatic nitrogens is 1. The molecule has 2 rings (SSSR count). The van der Waals surface area contributed by atoms with Crippen LogP contribution in [0.4, 0.5) is 5.69 Å².